The standard InChI is InChI=1S/C18H25N3O3S/c22-15-11-19-9-13(15)10-20-18(24)14-5-1-2-6-16(14)25-12-17(23)21-7-3-4-8-21/h1-2,5-6,13,15,19,22H,3-4,7-12H2,(H,20,24). The fourth-order valence-corrected chi connectivity index (χ4v) is 4.18. The molecule has 0 aliphatic carbocycles. The number of nitrogens with one attached hydrogen (secondary N) is 2. The minimum Gasteiger partial charge on any atom is -0.391 e. The molecule has 3 N–H and O–H groups in total. The number of thioether (sulfide) groups is 1. The number of aliphatic hydroxyl groups is 1. The maximum atomic E-state index is 12.5. The Morgan fingerprint density at radius 1 is 1.24 bits per heavy atom. The number of amides is 2. The molecule has 25 heavy (non-hydrogen) atoms. The molecule has 2 aliphatic heterocycles. The van der Waals surface area contributed by atoms with Crippen LogP contribution >= 0.6 is 11.8 Å². The van der Waals surface area contributed by atoms with Crippen molar-refractivity contribution in [3.8, 4) is 0 Å². The first-order chi connectivity index (χ1) is 12.1. The van der Waals surface area contributed by atoms with Crippen LogP contribution in [-0.2, 0) is 4.79 Å². The van der Waals surface area contributed by atoms with Crippen LogP contribution in [0.15, 0.2) is 29.2 Å². The maximum Gasteiger partial charge on any atom is 0.252 e. The van der Waals surface area contributed by atoms with Crippen molar-refractivity contribution in [2.24, 2.45) is 5.92 Å². The molecule has 7 heteroatoms. The molecule has 136 valence electrons. The van der Waals surface area contributed by atoms with Crippen LogP contribution in [0, 0.1) is 5.92 Å². The maximum absolute atomic E-state index is 12.5. The number of hydrogen-bond donors (Lipinski definition) is 3. The zero-order chi connectivity index (χ0) is 17.6. The van der Waals surface area contributed by atoms with Crippen LogP contribution in [0.25, 0.3) is 0 Å². The van der Waals surface area contributed by atoms with Crippen LogP contribution in [0.5, 0.6) is 0 Å². The third-order valence-electron chi connectivity index (χ3n) is 4.77. The van der Waals surface area contributed by atoms with Gasteiger partial charge in [0.25, 0.3) is 5.91 Å². The van der Waals surface area contributed by atoms with Gasteiger partial charge in [0.05, 0.1) is 17.4 Å². The van der Waals surface area contributed by atoms with E-state index < -0.39 is 6.10 Å². The molecule has 0 bridgehead atoms. The van der Waals surface area contributed by atoms with E-state index >= 15 is 0 Å². The van der Waals surface area contributed by atoms with Crippen molar-refractivity contribution in [3.63, 3.8) is 0 Å². The van der Waals surface area contributed by atoms with Crippen molar-refractivity contribution >= 4 is 23.6 Å². The summed E-state index contributed by atoms with van der Waals surface area (Å²) in [4.78, 5) is 27.4. The molecule has 2 heterocycles. The summed E-state index contributed by atoms with van der Waals surface area (Å²) in [7, 11) is 0. The Hall–Kier alpha value is -1.57. The smallest absolute Gasteiger partial charge is 0.252 e. The number of nitrogens with zero attached hydrogens (tertiary/aromatic N) is 1. The summed E-state index contributed by atoms with van der Waals surface area (Å²) in [6.07, 6.45) is 1.75. The monoisotopic (exact) mass is 363 g/mol. The summed E-state index contributed by atoms with van der Waals surface area (Å²) in [5, 5.41) is 15.8. The Morgan fingerprint density at radius 3 is 2.72 bits per heavy atom. The molecule has 6 nitrogen and oxygen atoms in total. The average Bonchev–Trinajstić information content (AvgIpc) is 3.29. The zero-order valence-electron chi connectivity index (χ0n) is 14.2. The van der Waals surface area contributed by atoms with Crippen molar-refractivity contribution in [2.45, 2.75) is 23.8 Å². The number of benzene rings is 1. The Balaban J connectivity index is 1.55. The lowest BCUT2D eigenvalue weighted by Crippen LogP contribution is -2.34. The van der Waals surface area contributed by atoms with Gasteiger partial charge < -0.3 is 20.6 Å². The predicted octanol–water partition coefficient (Wildman–Crippen LogP) is 0.711. The van der Waals surface area contributed by atoms with Crippen molar-refractivity contribution in [1.29, 1.82) is 0 Å². The summed E-state index contributed by atoms with van der Waals surface area (Å²) in [5.41, 5.74) is 0.585. The zero-order valence-corrected chi connectivity index (χ0v) is 15.1. The van der Waals surface area contributed by atoms with Gasteiger partial charge in [-0.1, -0.05) is 12.1 Å². The van der Waals surface area contributed by atoms with E-state index in [9.17, 15) is 14.7 Å². The van der Waals surface area contributed by atoms with Crippen molar-refractivity contribution in [1.82, 2.24) is 15.5 Å². The Kier molecular flexibility index (Phi) is 6.34. The number of hydrogen-bond acceptors (Lipinski definition) is 5. The molecule has 2 aliphatic rings. The molecular formula is C18H25N3O3S. The second kappa shape index (κ2) is 8.69. The largest absolute Gasteiger partial charge is 0.391 e. The van der Waals surface area contributed by atoms with Crippen LogP contribution in [0.4, 0.5) is 0 Å². The van der Waals surface area contributed by atoms with E-state index in [4.69, 9.17) is 0 Å². The van der Waals surface area contributed by atoms with Gasteiger partial charge in [-0.2, -0.15) is 0 Å². The first-order valence-corrected chi connectivity index (χ1v) is 9.80. The third kappa shape index (κ3) is 4.74. The highest BCUT2D eigenvalue weighted by molar-refractivity contribution is 8.00. The summed E-state index contributed by atoms with van der Waals surface area (Å²) in [5.74, 6) is 0.379. The lowest BCUT2D eigenvalue weighted by molar-refractivity contribution is -0.127. The van der Waals surface area contributed by atoms with Gasteiger partial charge in [0, 0.05) is 43.5 Å². The van der Waals surface area contributed by atoms with Gasteiger partial charge in [0.2, 0.25) is 5.91 Å². The van der Waals surface area contributed by atoms with Gasteiger partial charge in [-0.05, 0) is 25.0 Å². The fraction of sp³-hybridized carbons (Fsp3) is 0.556. The molecule has 0 radical (unpaired) electrons. The highest BCUT2D eigenvalue weighted by Gasteiger charge is 2.25. The normalized spacial score (nSPS) is 23.0. The van der Waals surface area contributed by atoms with Gasteiger partial charge in [0.1, 0.15) is 0 Å². The molecule has 0 saturated carbocycles. The summed E-state index contributed by atoms with van der Waals surface area (Å²) >= 11 is 1.42. The molecule has 0 aromatic heterocycles. The first kappa shape index (κ1) is 18.2. The lowest BCUT2D eigenvalue weighted by Gasteiger charge is -2.16. The van der Waals surface area contributed by atoms with Crippen molar-refractivity contribution < 1.29 is 14.7 Å². The Labute approximate surface area is 152 Å². The van der Waals surface area contributed by atoms with Crippen LogP contribution < -0.4 is 10.6 Å². The second-order valence-corrected chi connectivity index (χ2v) is 7.59. The molecule has 1 aromatic carbocycles. The average molecular weight is 363 g/mol. The van der Waals surface area contributed by atoms with Gasteiger partial charge in [0.15, 0.2) is 0 Å². The quantitative estimate of drug-likeness (QED) is 0.649. The second-order valence-electron chi connectivity index (χ2n) is 6.57. The highest BCUT2D eigenvalue weighted by atomic mass is 32.2. The van der Waals surface area contributed by atoms with E-state index in [1.807, 2.05) is 23.1 Å². The van der Waals surface area contributed by atoms with E-state index in [1.54, 1.807) is 6.07 Å². The molecule has 3 rings (SSSR count). The molecule has 0 spiro atoms. The molecule has 2 saturated heterocycles. The molecule has 2 fully saturated rings. The van der Waals surface area contributed by atoms with Gasteiger partial charge in [-0.3, -0.25) is 9.59 Å². The van der Waals surface area contributed by atoms with Gasteiger partial charge in [-0.15, -0.1) is 11.8 Å². The van der Waals surface area contributed by atoms with E-state index in [-0.39, 0.29) is 17.7 Å². The molecule has 2 amide bonds. The van der Waals surface area contributed by atoms with Crippen LogP contribution in [0.2, 0.25) is 0 Å². The minimum absolute atomic E-state index is 0.0421. The Bertz CT molecular complexity index is 619. The van der Waals surface area contributed by atoms with Crippen LogP contribution in [0.1, 0.15) is 23.2 Å². The number of likely N-dealkylation sites (tertiary alicyclic amines) is 1. The summed E-state index contributed by atoms with van der Waals surface area (Å²) < 4.78 is 0. The molecule has 1 aromatic rings. The molecule has 2 unspecified atom stereocenters. The lowest BCUT2D eigenvalue weighted by atomic mass is 10.1. The van der Waals surface area contributed by atoms with Gasteiger partial charge in [-0.25, -0.2) is 0 Å². The van der Waals surface area contributed by atoms with E-state index in [2.05, 4.69) is 10.6 Å². The van der Waals surface area contributed by atoms with E-state index in [1.165, 1.54) is 11.8 Å². The third-order valence-corrected chi connectivity index (χ3v) is 5.83. The SMILES string of the molecule is O=C(NCC1CNCC1O)c1ccccc1SCC(=O)N1CCCC1. The first-order valence-electron chi connectivity index (χ1n) is 8.81. The number of β-amino-alcohol motifs (C(OH)–C–C–N with tert-alkyl or cyclic N) is 1. The van der Waals surface area contributed by atoms with E-state index in [0.29, 0.717) is 31.0 Å². The highest BCUT2D eigenvalue weighted by Crippen LogP contribution is 2.24. The number of carbonyl (C=O) groups excluding carboxylic acids is 2. The topological polar surface area (TPSA) is 81.7 Å². The fourth-order valence-electron chi connectivity index (χ4n) is 3.22. The summed E-state index contributed by atoms with van der Waals surface area (Å²) in [6.45, 7) is 3.42. The predicted molar refractivity (Wildman–Crippen MR) is 97.7 cm³/mol. The van der Waals surface area contributed by atoms with Crippen molar-refractivity contribution in [3.05, 3.63) is 29.8 Å². The Morgan fingerprint density at radius 2 is 2.00 bits per heavy atom. The van der Waals surface area contributed by atoms with Gasteiger partial charge >= 0.3 is 0 Å². The number of aliphatic hydroxyl groups excluding tert-OH is 1. The molecular weight excluding hydrogens is 338 g/mol. The minimum atomic E-state index is -0.414. The number of rotatable bonds is 6. The van der Waals surface area contributed by atoms with Crippen LogP contribution in [-0.4, -0.2) is 66.4 Å². The van der Waals surface area contributed by atoms with Crippen molar-refractivity contribution in [2.75, 3.05) is 38.5 Å². The summed E-state index contributed by atoms with van der Waals surface area (Å²) in [6, 6.07) is 7.36. The molecule has 2 atom stereocenters. The van der Waals surface area contributed by atoms with Crippen LogP contribution in [0.3, 0.4) is 0 Å². The van der Waals surface area contributed by atoms with E-state index in [0.717, 1.165) is 30.8 Å². The number of carbonyl (C=O) groups is 2.